The van der Waals surface area contributed by atoms with E-state index in [1.807, 2.05) is 0 Å². The number of carbonyl (C=O) groups is 3. The molecule has 2 rings (SSSR count). The van der Waals surface area contributed by atoms with E-state index in [-0.39, 0.29) is 5.82 Å². The van der Waals surface area contributed by atoms with Crippen molar-refractivity contribution in [2.75, 3.05) is 5.32 Å². The van der Waals surface area contributed by atoms with E-state index in [1.54, 1.807) is 18.2 Å². The van der Waals surface area contributed by atoms with E-state index in [1.165, 1.54) is 10.6 Å². The van der Waals surface area contributed by atoms with Crippen LogP contribution in [0.5, 0.6) is 0 Å². The molecule has 27 heavy (non-hydrogen) atoms. The van der Waals surface area contributed by atoms with Gasteiger partial charge in [-0.15, -0.1) is 0 Å². The number of alkyl halides is 3. The second-order valence-corrected chi connectivity index (χ2v) is 4.84. The molecular formula is C14H12F3N3O7. The van der Waals surface area contributed by atoms with Gasteiger partial charge in [0.2, 0.25) is 0 Å². The van der Waals surface area contributed by atoms with Crippen LogP contribution < -0.4 is 10.9 Å². The number of aliphatic carboxylic acids is 3. The Kier molecular flexibility index (Phi) is 6.85. The lowest BCUT2D eigenvalue weighted by molar-refractivity contribution is -0.192. The number of aromatic nitrogens is 2. The van der Waals surface area contributed by atoms with Crippen LogP contribution in [-0.4, -0.2) is 54.8 Å². The number of hydrogen-bond donors (Lipinski definition) is 4. The highest BCUT2D eigenvalue weighted by molar-refractivity contribution is 5.83. The van der Waals surface area contributed by atoms with Crippen LogP contribution >= 0.6 is 0 Å². The molecule has 146 valence electrons. The third kappa shape index (κ3) is 6.64. The number of rotatable bonds is 5. The molecule has 1 atom stereocenters. The first-order valence-corrected chi connectivity index (χ1v) is 6.91. The topological polar surface area (TPSA) is 158 Å². The zero-order chi connectivity index (χ0) is 20.8. The van der Waals surface area contributed by atoms with Gasteiger partial charge in [0.1, 0.15) is 17.5 Å². The minimum Gasteiger partial charge on any atom is -0.481 e. The summed E-state index contributed by atoms with van der Waals surface area (Å²) in [6.07, 6.45) is -4.18. The van der Waals surface area contributed by atoms with Crippen molar-refractivity contribution in [2.24, 2.45) is 0 Å². The molecule has 2 aromatic heterocycles. The first kappa shape index (κ1) is 21.4. The van der Waals surface area contributed by atoms with E-state index in [9.17, 15) is 27.6 Å². The van der Waals surface area contributed by atoms with Gasteiger partial charge in [-0.3, -0.25) is 14.0 Å². The third-order valence-electron chi connectivity index (χ3n) is 2.81. The van der Waals surface area contributed by atoms with Crippen LogP contribution in [0.15, 0.2) is 35.3 Å². The maximum Gasteiger partial charge on any atom is 0.490 e. The maximum absolute atomic E-state index is 11.8. The Bertz CT molecular complexity index is 911. The second kappa shape index (κ2) is 8.64. The van der Waals surface area contributed by atoms with Gasteiger partial charge in [0.15, 0.2) is 0 Å². The molecule has 0 aliphatic heterocycles. The van der Waals surface area contributed by atoms with Gasteiger partial charge in [0.25, 0.3) is 5.56 Å². The fraction of sp³-hybridized carbons (Fsp3) is 0.214. The molecule has 13 heteroatoms. The van der Waals surface area contributed by atoms with Crippen LogP contribution in [0.25, 0.3) is 5.65 Å². The molecule has 0 aromatic carbocycles. The van der Waals surface area contributed by atoms with Gasteiger partial charge in [-0.05, 0) is 12.1 Å². The van der Waals surface area contributed by atoms with Gasteiger partial charge in [0, 0.05) is 12.3 Å². The van der Waals surface area contributed by atoms with Crippen LogP contribution in [0.2, 0.25) is 0 Å². The molecule has 0 fully saturated rings. The van der Waals surface area contributed by atoms with Crippen molar-refractivity contribution in [3.05, 3.63) is 40.8 Å². The van der Waals surface area contributed by atoms with Crippen molar-refractivity contribution in [2.45, 2.75) is 18.6 Å². The smallest absolute Gasteiger partial charge is 0.481 e. The number of carboxylic acids is 3. The summed E-state index contributed by atoms with van der Waals surface area (Å²) < 4.78 is 33.0. The number of nitrogens with zero attached hydrogens (tertiary/aromatic N) is 2. The van der Waals surface area contributed by atoms with Crippen molar-refractivity contribution in [3.8, 4) is 0 Å². The summed E-state index contributed by atoms with van der Waals surface area (Å²) in [6.45, 7) is 0. The number of hydrogen-bond acceptors (Lipinski definition) is 6. The lowest BCUT2D eigenvalue weighted by Gasteiger charge is -2.13. The summed E-state index contributed by atoms with van der Waals surface area (Å²) in [5.74, 6) is -5.33. The highest BCUT2D eigenvalue weighted by Gasteiger charge is 2.38. The van der Waals surface area contributed by atoms with E-state index in [4.69, 9.17) is 20.1 Å². The Morgan fingerprint density at radius 2 is 1.78 bits per heavy atom. The molecule has 2 heterocycles. The summed E-state index contributed by atoms with van der Waals surface area (Å²) in [4.78, 5) is 46.3. The molecule has 0 radical (unpaired) electrons. The van der Waals surface area contributed by atoms with E-state index >= 15 is 0 Å². The number of halogens is 3. The lowest BCUT2D eigenvalue weighted by atomic mass is 10.2. The second-order valence-electron chi connectivity index (χ2n) is 4.84. The Balaban J connectivity index is 0.000000445. The monoisotopic (exact) mass is 391 g/mol. The lowest BCUT2D eigenvalue weighted by Crippen LogP contribution is -2.32. The van der Waals surface area contributed by atoms with E-state index < -0.39 is 42.1 Å². The van der Waals surface area contributed by atoms with Crippen LogP contribution in [0.4, 0.5) is 19.0 Å². The van der Waals surface area contributed by atoms with Crippen molar-refractivity contribution in [1.29, 1.82) is 0 Å². The molecule has 10 nitrogen and oxygen atoms in total. The summed E-state index contributed by atoms with van der Waals surface area (Å²) in [6, 6.07) is 4.68. The maximum atomic E-state index is 11.8. The quantitative estimate of drug-likeness (QED) is 0.574. The largest absolute Gasteiger partial charge is 0.490 e. The summed E-state index contributed by atoms with van der Waals surface area (Å²) in [5.41, 5.74) is -0.0560. The molecule has 0 saturated heterocycles. The van der Waals surface area contributed by atoms with E-state index in [0.29, 0.717) is 5.65 Å². The van der Waals surface area contributed by atoms with Crippen molar-refractivity contribution in [1.82, 2.24) is 9.38 Å². The molecule has 0 spiro atoms. The minimum absolute atomic E-state index is 0.0230. The van der Waals surface area contributed by atoms with E-state index in [0.717, 1.165) is 6.07 Å². The fourth-order valence-corrected chi connectivity index (χ4v) is 1.68. The number of fused-ring (bicyclic) bond motifs is 1. The van der Waals surface area contributed by atoms with E-state index in [2.05, 4.69) is 10.3 Å². The highest BCUT2D eigenvalue weighted by Crippen LogP contribution is 2.13. The van der Waals surface area contributed by atoms with Crippen molar-refractivity contribution in [3.63, 3.8) is 0 Å². The van der Waals surface area contributed by atoms with Crippen molar-refractivity contribution >= 4 is 29.4 Å². The summed E-state index contributed by atoms with van der Waals surface area (Å²) >= 11 is 0. The van der Waals surface area contributed by atoms with Crippen LogP contribution in [0.1, 0.15) is 6.42 Å². The number of anilines is 1. The fourth-order valence-electron chi connectivity index (χ4n) is 1.68. The van der Waals surface area contributed by atoms with Gasteiger partial charge in [0.05, 0.1) is 6.42 Å². The molecule has 0 amide bonds. The number of nitrogens with one attached hydrogen (secondary N) is 1. The standard InChI is InChI=1S/C12H11N3O5.C2HF3O2/c16-10-6-8(13-7(12(19)20)5-11(17)18)14-9-3-1-2-4-15(9)10;3-2(4,5)1(6)7/h1-4,6-7,13H,5H2,(H,17,18)(H,19,20);(H,6,7)/t7-;/m0./s1. The van der Waals surface area contributed by atoms with Crippen LogP contribution in [-0.2, 0) is 14.4 Å². The van der Waals surface area contributed by atoms with Crippen LogP contribution in [0, 0.1) is 0 Å². The molecular weight excluding hydrogens is 379 g/mol. The number of carboxylic acid groups (broad SMARTS) is 3. The Morgan fingerprint density at radius 3 is 2.26 bits per heavy atom. The molecule has 0 aliphatic rings. The Hall–Kier alpha value is -3.64. The highest BCUT2D eigenvalue weighted by atomic mass is 19.4. The first-order chi connectivity index (χ1) is 12.4. The molecule has 0 bridgehead atoms. The molecule has 2 aromatic rings. The predicted molar refractivity (Wildman–Crippen MR) is 82.5 cm³/mol. The van der Waals surface area contributed by atoms with Gasteiger partial charge in [-0.25, -0.2) is 14.6 Å². The number of pyridine rings is 1. The predicted octanol–water partition coefficient (Wildman–Crippen LogP) is 0.668. The summed E-state index contributed by atoms with van der Waals surface area (Å²) in [7, 11) is 0. The molecule has 4 N–H and O–H groups in total. The zero-order valence-electron chi connectivity index (χ0n) is 13.2. The van der Waals surface area contributed by atoms with Crippen molar-refractivity contribution < 1.29 is 42.9 Å². The molecule has 0 unspecified atom stereocenters. The van der Waals surface area contributed by atoms with Crippen LogP contribution in [0.3, 0.4) is 0 Å². The zero-order valence-corrected chi connectivity index (χ0v) is 13.2. The molecule has 0 saturated carbocycles. The summed E-state index contributed by atoms with van der Waals surface area (Å²) in [5, 5.41) is 27.1. The normalized spacial score (nSPS) is 11.8. The minimum atomic E-state index is -5.08. The third-order valence-corrected chi connectivity index (χ3v) is 2.81. The Labute approximate surface area is 147 Å². The van der Waals surface area contributed by atoms with Gasteiger partial charge < -0.3 is 20.6 Å². The Morgan fingerprint density at radius 1 is 1.19 bits per heavy atom. The average Bonchev–Trinajstić information content (AvgIpc) is 2.53. The first-order valence-electron chi connectivity index (χ1n) is 6.91. The molecule has 0 aliphatic carbocycles. The van der Waals surface area contributed by atoms with Gasteiger partial charge in [-0.2, -0.15) is 13.2 Å². The SMILES string of the molecule is O=C(O)C(F)(F)F.O=C(O)C[C@H](Nc1cc(=O)n2ccccc2n1)C(=O)O. The van der Waals surface area contributed by atoms with Gasteiger partial charge in [-0.1, -0.05) is 6.07 Å². The average molecular weight is 391 g/mol. The van der Waals surface area contributed by atoms with Gasteiger partial charge >= 0.3 is 24.1 Å².